The molecule has 4 aromatic rings. The lowest BCUT2D eigenvalue weighted by Gasteiger charge is -2.04. The molecule has 0 bridgehead atoms. The average molecular weight is 483 g/mol. The monoisotopic (exact) mass is 482 g/mol. The number of aliphatic hydroxyl groups excluding tert-OH is 1. The molecule has 0 aliphatic heterocycles. The second-order valence-corrected chi connectivity index (χ2v) is 8.80. The Labute approximate surface area is 200 Å². The van der Waals surface area contributed by atoms with E-state index in [9.17, 15) is 0 Å². The van der Waals surface area contributed by atoms with Crippen molar-refractivity contribution in [2.75, 3.05) is 34.4 Å². The molecule has 9 heteroatoms. The fraction of sp³-hybridized carbons (Fsp3) is 0.208. The van der Waals surface area contributed by atoms with Gasteiger partial charge in [-0.05, 0) is 35.9 Å². The van der Waals surface area contributed by atoms with Gasteiger partial charge < -0.3 is 19.2 Å². The third-order valence-corrected chi connectivity index (χ3v) is 5.87. The van der Waals surface area contributed by atoms with Gasteiger partial charge in [0.2, 0.25) is 5.13 Å². The van der Waals surface area contributed by atoms with Crippen molar-refractivity contribution in [3.8, 4) is 28.3 Å². The SMILES string of the molecule is COc1ccc2oc(-c3nc(/N=C/N(C)C)sc3C=NCCO)c(-c3ccc(Cl)cc3)c2c1. The van der Waals surface area contributed by atoms with Crippen molar-refractivity contribution in [3.63, 3.8) is 0 Å². The van der Waals surface area contributed by atoms with Crippen LogP contribution in [0.3, 0.4) is 0 Å². The zero-order valence-corrected chi connectivity index (χ0v) is 20.0. The highest BCUT2D eigenvalue weighted by Crippen LogP contribution is 2.44. The summed E-state index contributed by atoms with van der Waals surface area (Å²) in [5, 5.41) is 11.3. The summed E-state index contributed by atoms with van der Waals surface area (Å²) in [6.07, 6.45) is 3.40. The molecule has 0 unspecified atom stereocenters. The standard InChI is InChI=1S/C24H23ClN4O3S/c1-29(2)14-27-24-28-22(20(33-24)13-26-10-11-30)23-21(15-4-6-16(25)7-5-15)18-12-17(31-3)8-9-19(18)32-23/h4-9,12-14,30H,10-11H2,1-3H3/b26-13?,27-14+. The minimum atomic E-state index is -0.0310. The fourth-order valence-corrected chi connectivity index (χ4v) is 4.19. The molecule has 0 atom stereocenters. The summed E-state index contributed by atoms with van der Waals surface area (Å²) in [6, 6.07) is 13.3. The van der Waals surface area contributed by atoms with E-state index in [0.29, 0.717) is 33.7 Å². The molecule has 170 valence electrons. The van der Waals surface area contributed by atoms with Crippen LogP contribution in [0, 0.1) is 0 Å². The van der Waals surface area contributed by atoms with Crippen LogP contribution in [0.5, 0.6) is 5.75 Å². The number of fused-ring (bicyclic) bond motifs is 1. The smallest absolute Gasteiger partial charge is 0.211 e. The maximum absolute atomic E-state index is 9.14. The topological polar surface area (TPSA) is 83.5 Å². The maximum atomic E-state index is 9.14. The highest BCUT2D eigenvalue weighted by Gasteiger charge is 2.23. The number of benzene rings is 2. The van der Waals surface area contributed by atoms with Gasteiger partial charge in [0, 0.05) is 36.3 Å². The van der Waals surface area contributed by atoms with Gasteiger partial charge in [0.25, 0.3) is 0 Å². The van der Waals surface area contributed by atoms with Crippen molar-refractivity contribution < 1.29 is 14.3 Å². The normalized spacial score (nSPS) is 11.8. The van der Waals surface area contributed by atoms with Gasteiger partial charge in [0.1, 0.15) is 17.0 Å². The van der Waals surface area contributed by atoms with Gasteiger partial charge in [0.15, 0.2) is 5.76 Å². The average Bonchev–Trinajstić information content (AvgIpc) is 3.39. The Balaban J connectivity index is 1.96. The van der Waals surface area contributed by atoms with Crippen LogP contribution in [-0.2, 0) is 0 Å². The van der Waals surface area contributed by atoms with Crippen LogP contribution in [0.25, 0.3) is 33.6 Å². The van der Waals surface area contributed by atoms with E-state index in [1.165, 1.54) is 11.3 Å². The van der Waals surface area contributed by atoms with Crippen molar-refractivity contribution in [3.05, 3.63) is 52.4 Å². The van der Waals surface area contributed by atoms with Crippen LogP contribution in [0.1, 0.15) is 4.88 Å². The van der Waals surface area contributed by atoms with Gasteiger partial charge in [0.05, 0.1) is 31.5 Å². The van der Waals surface area contributed by atoms with Crippen molar-refractivity contribution in [1.29, 1.82) is 0 Å². The molecule has 33 heavy (non-hydrogen) atoms. The molecule has 0 radical (unpaired) electrons. The first kappa shape index (κ1) is 23.0. The molecular formula is C24H23ClN4O3S. The predicted molar refractivity (Wildman–Crippen MR) is 136 cm³/mol. The minimum Gasteiger partial charge on any atom is -0.497 e. The van der Waals surface area contributed by atoms with E-state index in [1.807, 2.05) is 61.5 Å². The number of ether oxygens (including phenoxy) is 1. The van der Waals surface area contributed by atoms with E-state index in [2.05, 4.69) is 9.98 Å². The molecule has 0 aliphatic rings. The van der Waals surface area contributed by atoms with E-state index >= 15 is 0 Å². The lowest BCUT2D eigenvalue weighted by atomic mass is 10.0. The molecule has 7 nitrogen and oxygen atoms in total. The number of halogens is 1. The van der Waals surface area contributed by atoms with Crippen molar-refractivity contribution in [2.24, 2.45) is 9.98 Å². The van der Waals surface area contributed by atoms with E-state index in [0.717, 1.165) is 27.1 Å². The van der Waals surface area contributed by atoms with Gasteiger partial charge in [-0.25, -0.2) is 9.98 Å². The zero-order chi connectivity index (χ0) is 23.4. The van der Waals surface area contributed by atoms with Gasteiger partial charge in [-0.1, -0.05) is 35.1 Å². The van der Waals surface area contributed by atoms with E-state index in [1.54, 1.807) is 19.7 Å². The highest BCUT2D eigenvalue weighted by atomic mass is 35.5. The van der Waals surface area contributed by atoms with Crippen LogP contribution >= 0.6 is 22.9 Å². The zero-order valence-electron chi connectivity index (χ0n) is 18.4. The predicted octanol–water partition coefficient (Wildman–Crippen LogP) is 5.52. The molecule has 2 aromatic carbocycles. The first-order chi connectivity index (χ1) is 16.0. The number of hydrogen-bond donors (Lipinski definition) is 1. The van der Waals surface area contributed by atoms with Crippen LogP contribution < -0.4 is 4.74 Å². The van der Waals surface area contributed by atoms with E-state index < -0.39 is 0 Å². The fourth-order valence-electron chi connectivity index (χ4n) is 3.27. The second kappa shape index (κ2) is 10.2. The summed E-state index contributed by atoms with van der Waals surface area (Å²) in [5.74, 6) is 1.33. The van der Waals surface area contributed by atoms with Crippen LogP contribution in [0.2, 0.25) is 5.02 Å². The minimum absolute atomic E-state index is 0.0310. The Kier molecular flexibility index (Phi) is 7.08. The van der Waals surface area contributed by atoms with Gasteiger partial charge >= 0.3 is 0 Å². The Morgan fingerprint density at radius 2 is 2.00 bits per heavy atom. The molecule has 4 rings (SSSR count). The Morgan fingerprint density at radius 1 is 1.21 bits per heavy atom. The third-order valence-electron chi connectivity index (χ3n) is 4.72. The Morgan fingerprint density at radius 3 is 2.70 bits per heavy atom. The summed E-state index contributed by atoms with van der Waals surface area (Å²) in [6.45, 7) is 0.270. The lowest BCUT2D eigenvalue weighted by molar-refractivity contribution is 0.307. The Bertz CT molecular complexity index is 1310. The lowest BCUT2D eigenvalue weighted by Crippen LogP contribution is -2.06. The Hall–Kier alpha value is -3.20. The molecule has 0 saturated heterocycles. The number of aromatic nitrogens is 1. The highest BCUT2D eigenvalue weighted by molar-refractivity contribution is 7.17. The summed E-state index contributed by atoms with van der Waals surface area (Å²) < 4.78 is 11.8. The van der Waals surface area contributed by atoms with Crippen molar-refractivity contribution >= 4 is 51.6 Å². The number of aliphatic hydroxyl groups is 1. The molecule has 0 fully saturated rings. The number of furan rings is 1. The first-order valence-electron chi connectivity index (χ1n) is 10.2. The largest absolute Gasteiger partial charge is 0.497 e. The van der Waals surface area contributed by atoms with E-state index in [4.69, 9.17) is 30.8 Å². The number of methoxy groups -OCH3 is 1. The van der Waals surface area contributed by atoms with Gasteiger partial charge in [-0.3, -0.25) is 4.99 Å². The van der Waals surface area contributed by atoms with E-state index in [-0.39, 0.29) is 6.61 Å². The number of hydrogen-bond acceptors (Lipinski definition) is 7. The van der Waals surface area contributed by atoms with Crippen LogP contribution in [0.4, 0.5) is 5.13 Å². The second-order valence-electron chi connectivity index (χ2n) is 7.35. The van der Waals surface area contributed by atoms with Crippen molar-refractivity contribution in [2.45, 2.75) is 0 Å². The summed E-state index contributed by atoms with van der Waals surface area (Å²) in [5.41, 5.74) is 3.16. The molecule has 0 amide bonds. The first-order valence-corrected chi connectivity index (χ1v) is 11.4. The molecular weight excluding hydrogens is 460 g/mol. The quantitative estimate of drug-likeness (QED) is 0.264. The molecule has 0 spiro atoms. The van der Waals surface area contributed by atoms with Gasteiger partial charge in [-0.15, -0.1) is 0 Å². The number of thiazole rings is 1. The molecule has 1 N–H and O–H groups in total. The third kappa shape index (κ3) is 5.08. The molecule has 2 aromatic heterocycles. The molecule has 0 saturated carbocycles. The molecule has 0 aliphatic carbocycles. The number of aliphatic imine (C=N–C) groups is 2. The van der Waals surface area contributed by atoms with Crippen LogP contribution in [-0.4, -0.2) is 61.9 Å². The van der Waals surface area contributed by atoms with Crippen LogP contribution in [0.15, 0.2) is 56.9 Å². The summed E-state index contributed by atoms with van der Waals surface area (Å²) >= 11 is 7.54. The molecule has 2 heterocycles. The number of nitrogens with zero attached hydrogens (tertiary/aromatic N) is 4. The van der Waals surface area contributed by atoms with Gasteiger partial charge in [-0.2, -0.15) is 0 Å². The maximum Gasteiger partial charge on any atom is 0.211 e. The van der Waals surface area contributed by atoms with Crippen molar-refractivity contribution in [1.82, 2.24) is 9.88 Å². The summed E-state index contributed by atoms with van der Waals surface area (Å²) in [7, 11) is 5.43. The number of rotatable bonds is 8. The summed E-state index contributed by atoms with van der Waals surface area (Å²) in [4.78, 5) is 16.1.